The molecule has 3 amide bonds. The molecule has 1 N–H and O–H groups in total. The van der Waals surface area contributed by atoms with Crippen molar-refractivity contribution in [3.05, 3.63) is 40.4 Å². The first kappa shape index (κ1) is 18.7. The fraction of sp³-hybridized carbons (Fsp3) is 0.389. The Labute approximate surface area is 161 Å². The van der Waals surface area contributed by atoms with Crippen molar-refractivity contribution in [2.75, 3.05) is 0 Å². The summed E-state index contributed by atoms with van der Waals surface area (Å²) in [4.78, 5) is 37.4. The van der Waals surface area contributed by atoms with E-state index in [2.05, 4.69) is 5.43 Å². The Hall–Kier alpha value is -2.05. The van der Waals surface area contributed by atoms with Crippen LogP contribution in [0.25, 0.3) is 0 Å². The molecule has 6 nitrogen and oxygen atoms in total. The number of hydrogen-bond acceptors (Lipinski definition) is 4. The summed E-state index contributed by atoms with van der Waals surface area (Å²) < 4.78 is 5.65. The number of imide groups is 1. The molecule has 138 valence electrons. The zero-order valence-corrected chi connectivity index (χ0v) is 15.6. The Bertz CT molecular complexity index is 754. The largest absolute Gasteiger partial charge is 0.479 e. The molecular formula is C18H18Cl2N2O4. The van der Waals surface area contributed by atoms with Gasteiger partial charge < -0.3 is 4.74 Å². The minimum atomic E-state index is -0.924. The predicted molar refractivity (Wildman–Crippen MR) is 96.5 cm³/mol. The number of carbonyl (C=O) groups is 3. The van der Waals surface area contributed by atoms with Gasteiger partial charge in [0.1, 0.15) is 5.75 Å². The number of nitrogens with zero attached hydrogens (tertiary/aromatic N) is 1. The van der Waals surface area contributed by atoms with Gasteiger partial charge in [-0.3, -0.25) is 19.8 Å². The molecule has 0 spiro atoms. The quantitative estimate of drug-likeness (QED) is 0.612. The molecule has 1 heterocycles. The number of fused-ring (bicyclic) bond motifs is 1. The second-order valence-corrected chi connectivity index (χ2v) is 7.08. The molecule has 0 saturated carbocycles. The molecule has 1 aliphatic carbocycles. The maximum Gasteiger partial charge on any atom is 0.279 e. The SMILES string of the molecule is CC[C@H](Oc1cc(Cl)ccc1Cl)C(=O)NN1C(=O)[C@H]2CC=CC[C@H]2C1=O. The topological polar surface area (TPSA) is 75.7 Å². The van der Waals surface area contributed by atoms with Gasteiger partial charge in [-0.1, -0.05) is 42.3 Å². The molecular weight excluding hydrogens is 379 g/mol. The first-order chi connectivity index (χ1) is 12.4. The summed E-state index contributed by atoms with van der Waals surface area (Å²) in [5.74, 6) is -1.90. The van der Waals surface area contributed by atoms with Gasteiger partial charge in [-0.2, -0.15) is 5.01 Å². The highest BCUT2D eigenvalue weighted by molar-refractivity contribution is 6.34. The van der Waals surface area contributed by atoms with Gasteiger partial charge in [-0.25, -0.2) is 0 Å². The fourth-order valence-electron chi connectivity index (χ4n) is 3.14. The molecule has 8 heteroatoms. The number of rotatable bonds is 5. The number of hydrogen-bond donors (Lipinski definition) is 1. The van der Waals surface area contributed by atoms with Crippen LogP contribution < -0.4 is 10.2 Å². The second kappa shape index (κ2) is 7.68. The van der Waals surface area contributed by atoms with Crippen LogP contribution in [-0.4, -0.2) is 28.8 Å². The van der Waals surface area contributed by atoms with E-state index in [4.69, 9.17) is 27.9 Å². The Kier molecular flexibility index (Phi) is 5.53. The van der Waals surface area contributed by atoms with Gasteiger partial charge in [0.25, 0.3) is 17.7 Å². The van der Waals surface area contributed by atoms with Crippen LogP contribution in [0.3, 0.4) is 0 Å². The molecule has 1 aromatic carbocycles. The van der Waals surface area contributed by atoms with Crippen molar-refractivity contribution < 1.29 is 19.1 Å². The third-order valence-electron chi connectivity index (χ3n) is 4.56. The average Bonchev–Trinajstić information content (AvgIpc) is 2.87. The summed E-state index contributed by atoms with van der Waals surface area (Å²) >= 11 is 12.0. The summed E-state index contributed by atoms with van der Waals surface area (Å²) in [5.41, 5.74) is 2.41. The van der Waals surface area contributed by atoms with Gasteiger partial charge in [0.2, 0.25) is 0 Å². The van der Waals surface area contributed by atoms with Crippen LogP contribution in [0.5, 0.6) is 5.75 Å². The molecule has 0 aromatic heterocycles. The minimum absolute atomic E-state index is 0.262. The van der Waals surface area contributed by atoms with Crippen LogP contribution in [0, 0.1) is 11.8 Å². The number of allylic oxidation sites excluding steroid dienone is 2. The normalized spacial score (nSPS) is 23.0. The lowest BCUT2D eigenvalue weighted by Crippen LogP contribution is -2.51. The smallest absolute Gasteiger partial charge is 0.279 e. The summed E-state index contributed by atoms with van der Waals surface area (Å²) in [6.07, 6.45) is 4.18. The number of halogens is 2. The number of amides is 3. The Balaban J connectivity index is 1.70. The summed E-state index contributed by atoms with van der Waals surface area (Å²) in [6.45, 7) is 1.75. The van der Waals surface area contributed by atoms with Crippen molar-refractivity contribution in [1.29, 1.82) is 0 Å². The van der Waals surface area contributed by atoms with Crippen LogP contribution in [-0.2, 0) is 14.4 Å². The molecule has 1 aliphatic heterocycles. The van der Waals surface area contributed by atoms with Crippen LogP contribution in [0.4, 0.5) is 0 Å². The average molecular weight is 397 g/mol. The van der Waals surface area contributed by atoms with Crippen molar-refractivity contribution >= 4 is 40.9 Å². The molecule has 1 saturated heterocycles. The molecule has 0 radical (unpaired) electrons. The number of ether oxygens (including phenoxy) is 1. The Morgan fingerprint density at radius 1 is 1.23 bits per heavy atom. The maximum absolute atomic E-state index is 12.6. The van der Waals surface area contributed by atoms with Gasteiger partial charge in [-0.15, -0.1) is 0 Å². The number of benzene rings is 1. The third kappa shape index (κ3) is 3.57. The Morgan fingerprint density at radius 3 is 2.42 bits per heavy atom. The van der Waals surface area contributed by atoms with E-state index in [0.717, 1.165) is 5.01 Å². The molecule has 0 bridgehead atoms. The third-order valence-corrected chi connectivity index (χ3v) is 5.10. The Morgan fingerprint density at radius 2 is 1.85 bits per heavy atom. The van der Waals surface area contributed by atoms with E-state index in [1.807, 2.05) is 12.2 Å². The van der Waals surface area contributed by atoms with Gasteiger partial charge in [0.15, 0.2) is 6.10 Å². The van der Waals surface area contributed by atoms with Crippen molar-refractivity contribution in [2.45, 2.75) is 32.3 Å². The molecule has 1 aromatic rings. The van der Waals surface area contributed by atoms with Gasteiger partial charge in [0.05, 0.1) is 16.9 Å². The zero-order chi connectivity index (χ0) is 18.8. The van der Waals surface area contributed by atoms with Crippen LogP contribution >= 0.6 is 23.2 Å². The molecule has 2 aliphatic rings. The van der Waals surface area contributed by atoms with E-state index < -0.39 is 23.8 Å². The standard InChI is InChI=1S/C18H18Cl2N2O4/c1-2-14(26-15-9-10(19)7-8-13(15)20)16(23)21-22-17(24)11-5-3-4-6-12(11)18(22)25/h3-4,7-9,11-12,14H,2,5-6H2,1H3,(H,21,23)/t11-,12+,14-/m0/s1. The molecule has 1 fully saturated rings. The molecule has 0 unspecified atom stereocenters. The molecule has 26 heavy (non-hydrogen) atoms. The monoisotopic (exact) mass is 396 g/mol. The number of nitrogens with one attached hydrogen (secondary N) is 1. The number of carbonyl (C=O) groups excluding carboxylic acids is 3. The summed E-state index contributed by atoms with van der Waals surface area (Å²) in [6, 6.07) is 4.68. The highest BCUT2D eigenvalue weighted by Gasteiger charge is 2.48. The first-order valence-corrected chi connectivity index (χ1v) is 9.13. The van der Waals surface area contributed by atoms with Crippen LogP contribution in [0.15, 0.2) is 30.4 Å². The van der Waals surface area contributed by atoms with E-state index >= 15 is 0 Å². The van der Waals surface area contributed by atoms with Crippen LogP contribution in [0.1, 0.15) is 26.2 Å². The second-order valence-electron chi connectivity index (χ2n) is 6.23. The first-order valence-electron chi connectivity index (χ1n) is 8.37. The summed E-state index contributed by atoms with van der Waals surface area (Å²) in [7, 11) is 0. The lowest BCUT2D eigenvalue weighted by Gasteiger charge is -2.22. The minimum Gasteiger partial charge on any atom is -0.479 e. The van der Waals surface area contributed by atoms with Gasteiger partial charge in [-0.05, 0) is 31.4 Å². The summed E-state index contributed by atoms with van der Waals surface area (Å²) in [5, 5.41) is 1.56. The van der Waals surface area contributed by atoms with E-state index in [-0.39, 0.29) is 17.6 Å². The molecule has 3 rings (SSSR count). The predicted octanol–water partition coefficient (Wildman–Crippen LogP) is 3.13. The van der Waals surface area contributed by atoms with E-state index in [1.165, 1.54) is 6.07 Å². The van der Waals surface area contributed by atoms with Crippen molar-refractivity contribution in [3.8, 4) is 5.75 Å². The fourth-order valence-corrected chi connectivity index (χ4v) is 3.46. The van der Waals surface area contributed by atoms with Crippen molar-refractivity contribution in [3.63, 3.8) is 0 Å². The van der Waals surface area contributed by atoms with E-state index in [1.54, 1.807) is 19.1 Å². The highest BCUT2D eigenvalue weighted by atomic mass is 35.5. The van der Waals surface area contributed by atoms with E-state index in [9.17, 15) is 14.4 Å². The van der Waals surface area contributed by atoms with Crippen molar-refractivity contribution in [2.24, 2.45) is 11.8 Å². The zero-order valence-electron chi connectivity index (χ0n) is 14.1. The molecule has 3 atom stereocenters. The maximum atomic E-state index is 12.6. The lowest BCUT2D eigenvalue weighted by atomic mass is 9.85. The van der Waals surface area contributed by atoms with E-state index in [0.29, 0.717) is 29.3 Å². The van der Waals surface area contributed by atoms with Crippen LogP contribution in [0.2, 0.25) is 10.0 Å². The number of hydrazine groups is 1. The van der Waals surface area contributed by atoms with Gasteiger partial charge in [0, 0.05) is 11.1 Å². The van der Waals surface area contributed by atoms with Gasteiger partial charge >= 0.3 is 0 Å². The lowest BCUT2D eigenvalue weighted by molar-refractivity contribution is -0.151. The highest BCUT2D eigenvalue weighted by Crippen LogP contribution is 2.34. The van der Waals surface area contributed by atoms with Crippen molar-refractivity contribution in [1.82, 2.24) is 10.4 Å².